The maximum absolute atomic E-state index is 10.2. The third kappa shape index (κ3) is 9.05. The third-order valence-electron chi connectivity index (χ3n) is 1.56. The van der Waals surface area contributed by atoms with Crippen molar-refractivity contribution in [2.24, 2.45) is 0 Å². The second-order valence-corrected chi connectivity index (χ2v) is 4.07. The Hall–Kier alpha value is -0.860. The second-order valence-electron chi connectivity index (χ2n) is 4.07. The smallest absolute Gasteiger partial charge is 0.293 e. The van der Waals surface area contributed by atoms with E-state index in [1.165, 1.54) is 0 Å². The average molecular weight is 186 g/mol. The Labute approximate surface area is 79.5 Å². The van der Waals surface area contributed by atoms with Crippen molar-refractivity contribution in [1.82, 2.24) is 0 Å². The number of Topliss-reactive ketones (excluding diaryl/α,β-unsaturated/α-hetero) is 1. The summed E-state index contributed by atoms with van der Waals surface area (Å²) in [5, 5.41) is 0. The van der Waals surface area contributed by atoms with Gasteiger partial charge in [-0.3, -0.25) is 9.59 Å². The molecule has 1 fully saturated rings. The molecule has 0 unspecified atom stereocenters. The zero-order chi connectivity index (χ0) is 10.3. The van der Waals surface area contributed by atoms with Crippen molar-refractivity contribution < 1.29 is 14.3 Å². The number of carbonyl (C=O) groups excluding carboxylic acids is 2. The molecule has 0 saturated heterocycles. The summed E-state index contributed by atoms with van der Waals surface area (Å²) in [7, 11) is 0. The van der Waals surface area contributed by atoms with Crippen LogP contribution in [-0.4, -0.2) is 17.9 Å². The van der Waals surface area contributed by atoms with Crippen LogP contribution < -0.4 is 0 Å². The average Bonchev–Trinajstić information content (AvgIpc) is 2.38. The van der Waals surface area contributed by atoms with Crippen molar-refractivity contribution in [2.45, 2.75) is 52.1 Å². The van der Waals surface area contributed by atoms with Gasteiger partial charge in [-0.25, -0.2) is 0 Å². The molecule has 0 atom stereocenters. The van der Waals surface area contributed by atoms with Crippen molar-refractivity contribution in [3.05, 3.63) is 0 Å². The molecule has 13 heavy (non-hydrogen) atoms. The van der Waals surface area contributed by atoms with Gasteiger partial charge in [0.1, 0.15) is 11.4 Å². The Morgan fingerprint density at radius 2 is 1.69 bits per heavy atom. The fourth-order valence-electron chi connectivity index (χ4n) is 0.914. The summed E-state index contributed by atoms with van der Waals surface area (Å²) < 4.78 is 4.55. The number of ether oxygens (including phenoxy) is 1. The maximum Gasteiger partial charge on any atom is 0.293 e. The lowest BCUT2D eigenvalue weighted by Gasteiger charge is -2.14. The zero-order valence-corrected chi connectivity index (χ0v) is 8.63. The summed E-state index contributed by atoms with van der Waals surface area (Å²) in [5.74, 6) is 0.454. The van der Waals surface area contributed by atoms with E-state index in [1.807, 2.05) is 20.8 Å². The van der Waals surface area contributed by atoms with Crippen molar-refractivity contribution in [1.29, 1.82) is 0 Å². The molecular formula is C10H18O3. The van der Waals surface area contributed by atoms with Crippen LogP contribution in [0.15, 0.2) is 0 Å². The second kappa shape index (κ2) is 5.73. The molecule has 0 aromatic heterocycles. The fraction of sp³-hybridized carbons (Fsp3) is 0.800. The standard InChI is InChI=1S/C5H10O2.C5H8O/c1-5(2,3)7-4-6;6-5-3-1-2-4-5/h4H,1-3H3;1-4H2. The molecule has 3 nitrogen and oxygen atoms in total. The third-order valence-corrected chi connectivity index (χ3v) is 1.56. The molecule has 1 aliphatic rings. The van der Waals surface area contributed by atoms with E-state index < -0.39 is 0 Å². The van der Waals surface area contributed by atoms with Gasteiger partial charge in [-0.15, -0.1) is 0 Å². The van der Waals surface area contributed by atoms with E-state index in [1.54, 1.807) is 0 Å². The number of hydrogen-bond acceptors (Lipinski definition) is 3. The Morgan fingerprint density at radius 1 is 1.23 bits per heavy atom. The topological polar surface area (TPSA) is 43.4 Å². The molecule has 0 amide bonds. The van der Waals surface area contributed by atoms with E-state index in [0.717, 1.165) is 25.7 Å². The Balaban J connectivity index is 0.000000223. The van der Waals surface area contributed by atoms with E-state index in [9.17, 15) is 9.59 Å². The molecule has 0 aromatic carbocycles. The SMILES string of the molecule is CC(C)(C)OC=O.O=C1CCCC1. The summed E-state index contributed by atoms with van der Waals surface area (Å²) in [5.41, 5.74) is -0.318. The molecule has 1 aliphatic carbocycles. The monoisotopic (exact) mass is 186 g/mol. The molecule has 0 bridgehead atoms. The molecule has 0 aliphatic heterocycles. The maximum atomic E-state index is 10.2. The number of ketones is 1. The van der Waals surface area contributed by atoms with Crippen molar-refractivity contribution in [2.75, 3.05) is 0 Å². The molecule has 1 saturated carbocycles. The first-order valence-electron chi connectivity index (χ1n) is 4.59. The number of carbonyl (C=O) groups is 2. The van der Waals surface area contributed by atoms with Crippen molar-refractivity contribution in [3.8, 4) is 0 Å². The molecule has 3 heteroatoms. The summed E-state index contributed by atoms with van der Waals surface area (Å²) in [6.07, 6.45) is 3.97. The molecule has 1 rings (SSSR count). The highest BCUT2D eigenvalue weighted by Gasteiger charge is 2.07. The summed E-state index contributed by atoms with van der Waals surface area (Å²) in [4.78, 5) is 19.8. The van der Waals surface area contributed by atoms with Gasteiger partial charge in [0.05, 0.1) is 0 Å². The van der Waals surface area contributed by atoms with Crippen LogP contribution in [0.25, 0.3) is 0 Å². The van der Waals surface area contributed by atoms with Gasteiger partial charge in [0.25, 0.3) is 6.47 Å². The van der Waals surface area contributed by atoms with Crippen LogP contribution in [0.3, 0.4) is 0 Å². The lowest BCUT2D eigenvalue weighted by atomic mass is 10.2. The van der Waals surface area contributed by atoms with Crippen LogP contribution in [0.2, 0.25) is 0 Å². The van der Waals surface area contributed by atoms with E-state index in [-0.39, 0.29) is 5.60 Å². The first-order chi connectivity index (χ1) is 5.95. The van der Waals surface area contributed by atoms with Crippen LogP contribution >= 0.6 is 0 Å². The Morgan fingerprint density at radius 3 is 1.77 bits per heavy atom. The lowest BCUT2D eigenvalue weighted by molar-refractivity contribution is -0.138. The zero-order valence-electron chi connectivity index (χ0n) is 8.63. The normalized spacial score (nSPS) is 16.1. The van der Waals surface area contributed by atoms with Crippen LogP contribution in [0.4, 0.5) is 0 Å². The van der Waals surface area contributed by atoms with Gasteiger partial charge >= 0.3 is 0 Å². The fourth-order valence-corrected chi connectivity index (χ4v) is 0.914. The molecule has 0 spiro atoms. The quantitative estimate of drug-likeness (QED) is 0.589. The van der Waals surface area contributed by atoms with Crippen LogP contribution in [0, 0.1) is 0 Å². The molecule has 76 valence electrons. The van der Waals surface area contributed by atoms with Crippen LogP contribution in [0.1, 0.15) is 46.5 Å². The first kappa shape index (κ1) is 12.1. The van der Waals surface area contributed by atoms with Gasteiger partial charge in [-0.05, 0) is 33.6 Å². The first-order valence-corrected chi connectivity index (χ1v) is 4.59. The Bertz CT molecular complexity index is 159. The summed E-state index contributed by atoms with van der Waals surface area (Å²) >= 11 is 0. The summed E-state index contributed by atoms with van der Waals surface area (Å²) in [6.45, 7) is 5.92. The van der Waals surface area contributed by atoms with Gasteiger partial charge in [0.2, 0.25) is 0 Å². The van der Waals surface area contributed by atoms with E-state index >= 15 is 0 Å². The van der Waals surface area contributed by atoms with Gasteiger partial charge < -0.3 is 4.74 Å². The summed E-state index contributed by atoms with van der Waals surface area (Å²) in [6, 6.07) is 0. The van der Waals surface area contributed by atoms with Crippen LogP contribution in [0.5, 0.6) is 0 Å². The minimum atomic E-state index is -0.318. The minimum Gasteiger partial charge on any atom is -0.462 e. The number of rotatable bonds is 1. The predicted octanol–water partition coefficient (Wildman–Crippen LogP) is 2.09. The van der Waals surface area contributed by atoms with Gasteiger partial charge in [-0.1, -0.05) is 0 Å². The number of hydrogen-bond donors (Lipinski definition) is 0. The minimum absolute atomic E-state index is 0.318. The van der Waals surface area contributed by atoms with Gasteiger partial charge in [-0.2, -0.15) is 0 Å². The highest BCUT2D eigenvalue weighted by atomic mass is 16.5. The van der Waals surface area contributed by atoms with Crippen molar-refractivity contribution >= 4 is 12.3 Å². The van der Waals surface area contributed by atoms with Gasteiger partial charge in [0, 0.05) is 12.8 Å². The Kier molecular flexibility index (Phi) is 5.35. The van der Waals surface area contributed by atoms with E-state index in [2.05, 4.69) is 4.74 Å². The lowest BCUT2D eigenvalue weighted by Crippen LogP contribution is -2.17. The highest BCUT2D eigenvalue weighted by Crippen LogP contribution is 2.11. The van der Waals surface area contributed by atoms with E-state index in [0.29, 0.717) is 12.3 Å². The van der Waals surface area contributed by atoms with E-state index in [4.69, 9.17) is 0 Å². The molecule has 0 aromatic rings. The van der Waals surface area contributed by atoms with Gasteiger partial charge in [0.15, 0.2) is 0 Å². The molecule has 0 radical (unpaired) electrons. The van der Waals surface area contributed by atoms with Crippen LogP contribution in [-0.2, 0) is 14.3 Å². The largest absolute Gasteiger partial charge is 0.462 e. The molecular weight excluding hydrogens is 168 g/mol. The molecule has 0 N–H and O–H groups in total. The molecule has 0 heterocycles. The van der Waals surface area contributed by atoms with Crippen molar-refractivity contribution in [3.63, 3.8) is 0 Å². The predicted molar refractivity (Wildman–Crippen MR) is 50.4 cm³/mol. The highest BCUT2D eigenvalue weighted by molar-refractivity contribution is 5.79.